The number of benzene rings is 2. The number of aromatic nitrogens is 2. The van der Waals surface area contributed by atoms with Gasteiger partial charge in [0.25, 0.3) is 0 Å². The van der Waals surface area contributed by atoms with Gasteiger partial charge in [0, 0.05) is 30.4 Å². The number of nitrogens with zero attached hydrogens (tertiary/aromatic N) is 3. The molecule has 1 atom stereocenters. The van der Waals surface area contributed by atoms with Crippen LogP contribution in [0.1, 0.15) is 12.8 Å². The largest absolute Gasteiger partial charge is 0.381 e. The molecule has 0 radical (unpaired) electrons. The summed E-state index contributed by atoms with van der Waals surface area (Å²) in [5.74, 6) is 0.638. The van der Waals surface area contributed by atoms with Crippen molar-refractivity contribution in [1.29, 1.82) is 0 Å². The zero-order valence-electron chi connectivity index (χ0n) is 14.5. The summed E-state index contributed by atoms with van der Waals surface area (Å²) in [6.45, 7) is 1.89. The maximum absolute atomic E-state index is 13.1. The smallest absolute Gasteiger partial charge is 0.151 e. The molecule has 132 valence electrons. The highest BCUT2D eigenvalue weighted by atomic mass is 19.1. The third-order valence-corrected chi connectivity index (χ3v) is 4.68. The number of rotatable bonds is 4. The molecule has 1 aliphatic rings. The predicted molar refractivity (Wildman–Crippen MR) is 103 cm³/mol. The number of hydrogen-bond donors (Lipinski definition) is 1. The molecule has 4 rings (SSSR count). The maximum atomic E-state index is 13.1. The van der Waals surface area contributed by atoms with Crippen molar-refractivity contribution in [2.75, 3.05) is 23.3 Å². The SMILES string of the molecule is Fc1ccc(-c2ccc(N3CCCC(Nc4ccccc4)C3)nn2)cc1. The minimum absolute atomic E-state index is 0.247. The summed E-state index contributed by atoms with van der Waals surface area (Å²) in [7, 11) is 0. The van der Waals surface area contributed by atoms with E-state index in [2.05, 4.69) is 32.5 Å². The third kappa shape index (κ3) is 3.82. The second-order valence-corrected chi connectivity index (χ2v) is 6.58. The van der Waals surface area contributed by atoms with Gasteiger partial charge in [-0.15, -0.1) is 10.2 Å². The molecule has 0 saturated carbocycles. The van der Waals surface area contributed by atoms with Crippen molar-refractivity contribution >= 4 is 11.5 Å². The van der Waals surface area contributed by atoms with Crippen molar-refractivity contribution in [3.05, 3.63) is 72.5 Å². The standard InChI is InChI=1S/C21H21FN4/c22-17-10-8-16(9-11-17)20-12-13-21(25-24-20)26-14-4-7-19(15-26)23-18-5-2-1-3-6-18/h1-3,5-6,8-13,19,23H,4,7,14-15H2. The van der Waals surface area contributed by atoms with E-state index in [4.69, 9.17) is 0 Å². The monoisotopic (exact) mass is 348 g/mol. The summed E-state index contributed by atoms with van der Waals surface area (Å²) >= 11 is 0. The summed E-state index contributed by atoms with van der Waals surface area (Å²) in [5.41, 5.74) is 2.77. The molecule has 0 bridgehead atoms. The molecular weight excluding hydrogens is 327 g/mol. The molecule has 0 aliphatic carbocycles. The highest BCUT2D eigenvalue weighted by molar-refractivity contribution is 5.59. The maximum Gasteiger partial charge on any atom is 0.151 e. The Morgan fingerprint density at radius 3 is 2.46 bits per heavy atom. The van der Waals surface area contributed by atoms with Gasteiger partial charge in [0.05, 0.1) is 5.69 Å². The lowest BCUT2D eigenvalue weighted by atomic mass is 10.1. The van der Waals surface area contributed by atoms with E-state index in [1.165, 1.54) is 12.1 Å². The van der Waals surface area contributed by atoms with E-state index in [-0.39, 0.29) is 5.82 Å². The van der Waals surface area contributed by atoms with Gasteiger partial charge in [-0.25, -0.2) is 4.39 Å². The Labute approximate surface area is 152 Å². The lowest BCUT2D eigenvalue weighted by Crippen LogP contribution is -2.42. The molecule has 2 aromatic carbocycles. The van der Waals surface area contributed by atoms with Crippen LogP contribution in [0.3, 0.4) is 0 Å². The van der Waals surface area contributed by atoms with Gasteiger partial charge in [-0.3, -0.25) is 0 Å². The first kappa shape index (κ1) is 16.5. The van der Waals surface area contributed by atoms with Gasteiger partial charge in [0.1, 0.15) is 5.82 Å². The minimum Gasteiger partial charge on any atom is -0.381 e. The van der Waals surface area contributed by atoms with Crippen LogP contribution in [0.25, 0.3) is 11.3 Å². The van der Waals surface area contributed by atoms with Gasteiger partial charge in [0.2, 0.25) is 0 Å². The van der Waals surface area contributed by atoms with Gasteiger partial charge in [-0.1, -0.05) is 18.2 Å². The molecular formula is C21H21FN4. The molecule has 2 heterocycles. The first-order valence-corrected chi connectivity index (χ1v) is 8.94. The normalized spacial score (nSPS) is 17.1. The molecule has 1 aromatic heterocycles. The average molecular weight is 348 g/mol. The fourth-order valence-electron chi connectivity index (χ4n) is 3.34. The molecule has 0 amide bonds. The zero-order chi connectivity index (χ0) is 17.8. The van der Waals surface area contributed by atoms with E-state index >= 15 is 0 Å². The molecule has 4 nitrogen and oxygen atoms in total. The molecule has 5 heteroatoms. The Hall–Kier alpha value is -2.95. The molecule has 1 saturated heterocycles. The van der Waals surface area contributed by atoms with Gasteiger partial charge in [-0.05, 0) is 61.4 Å². The minimum atomic E-state index is -0.247. The lowest BCUT2D eigenvalue weighted by Gasteiger charge is -2.34. The quantitative estimate of drug-likeness (QED) is 0.760. The van der Waals surface area contributed by atoms with Crippen LogP contribution in [0.15, 0.2) is 66.7 Å². The van der Waals surface area contributed by atoms with Gasteiger partial charge < -0.3 is 10.2 Å². The number of halogens is 1. The Morgan fingerprint density at radius 1 is 0.923 bits per heavy atom. The van der Waals surface area contributed by atoms with Crippen LogP contribution in [0.5, 0.6) is 0 Å². The summed E-state index contributed by atoms with van der Waals surface area (Å²) < 4.78 is 13.1. The van der Waals surface area contributed by atoms with Gasteiger partial charge in [0.15, 0.2) is 5.82 Å². The molecule has 1 fully saturated rings. The Kier molecular flexibility index (Phi) is 4.78. The van der Waals surface area contributed by atoms with Crippen molar-refractivity contribution < 1.29 is 4.39 Å². The number of piperidine rings is 1. The second kappa shape index (κ2) is 7.52. The van der Waals surface area contributed by atoms with Crippen molar-refractivity contribution in [2.45, 2.75) is 18.9 Å². The Balaban J connectivity index is 1.44. The Morgan fingerprint density at radius 2 is 1.73 bits per heavy atom. The summed E-state index contributed by atoms with van der Waals surface area (Å²) in [6, 6.07) is 21.0. The molecule has 1 unspecified atom stereocenters. The number of anilines is 2. The van der Waals surface area contributed by atoms with E-state index < -0.39 is 0 Å². The fourth-order valence-corrected chi connectivity index (χ4v) is 3.34. The number of hydrogen-bond acceptors (Lipinski definition) is 4. The van der Waals surface area contributed by atoms with Crippen molar-refractivity contribution in [2.24, 2.45) is 0 Å². The van der Waals surface area contributed by atoms with Crippen LogP contribution < -0.4 is 10.2 Å². The van der Waals surface area contributed by atoms with Crippen LogP contribution >= 0.6 is 0 Å². The van der Waals surface area contributed by atoms with E-state index in [1.54, 1.807) is 12.1 Å². The molecule has 1 aliphatic heterocycles. The zero-order valence-corrected chi connectivity index (χ0v) is 14.5. The first-order chi connectivity index (χ1) is 12.8. The first-order valence-electron chi connectivity index (χ1n) is 8.94. The van der Waals surface area contributed by atoms with Crippen molar-refractivity contribution in [3.8, 4) is 11.3 Å². The number of para-hydroxylation sites is 1. The van der Waals surface area contributed by atoms with Crippen LogP contribution in [0.4, 0.5) is 15.9 Å². The van der Waals surface area contributed by atoms with Gasteiger partial charge in [-0.2, -0.15) is 0 Å². The Bertz CT molecular complexity index is 834. The second-order valence-electron chi connectivity index (χ2n) is 6.58. The third-order valence-electron chi connectivity index (χ3n) is 4.68. The topological polar surface area (TPSA) is 41.0 Å². The van der Waals surface area contributed by atoms with Crippen LogP contribution in [-0.2, 0) is 0 Å². The number of nitrogens with one attached hydrogen (secondary N) is 1. The van der Waals surface area contributed by atoms with Crippen molar-refractivity contribution in [3.63, 3.8) is 0 Å². The fraction of sp³-hybridized carbons (Fsp3) is 0.238. The summed E-state index contributed by atoms with van der Waals surface area (Å²) in [6.07, 6.45) is 2.26. The molecule has 1 N–H and O–H groups in total. The summed E-state index contributed by atoms with van der Waals surface area (Å²) in [5, 5.41) is 12.3. The van der Waals surface area contributed by atoms with E-state index in [0.29, 0.717) is 6.04 Å². The molecule has 0 spiro atoms. The van der Waals surface area contributed by atoms with E-state index in [0.717, 1.165) is 48.7 Å². The van der Waals surface area contributed by atoms with E-state index in [9.17, 15) is 4.39 Å². The average Bonchev–Trinajstić information content (AvgIpc) is 2.70. The highest BCUT2D eigenvalue weighted by Gasteiger charge is 2.21. The van der Waals surface area contributed by atoms with Crippen LogP contribution in [0.2, 0.25) is 0 Å². The lowest BCUT2D eigenvalue weighted by molar-refractivity contribution is 0.525. The molecule has 3 aromatic rings. The van der Waals surface area contributed by atoms with Crippen molar-refractivity contribution in [1.82, 2.24) is 10.2 Å². The van der Waals surface area contributed by atoms with E-state index in [1.807, 2.05) is 30.3 Å². The highest BCUT2D eigenvalue weighted by Crippen LogP contribution is 2.22. The van der Waals surface area contributed by atoms with Crippen LogP contribution in [0, 0.1) is 5.82 Å². The summed E-state index contributed by atoms with van der Waals surface area (Å²) in [4.78, 5) is 2.27. The van der Waals surface area contributed by atoms with Gasteiger partial charge >= 0.3 is 0 Å². The predicted octanol–water partition coefficient (Wildman–Crippen LogP) is 4.36. The van der Waals surface area contributed by atoms with Crippen LogP contribution in [-0.4, -0.2) is 29.3 Å². The molecule has 26 heavy (non-hydrogen) atoms.